The van der Waals surface area contributed by atoms with Gasteiger partial charge in [0, 0.05) is 19.2 Å². The maximum absolute atomic E-state index is 9.31. The zero-order chi connectivity index (χ0) is 12.8. The molecule has 1 aromatic rings. The van der Waals surface area contributed by atoms with Crippen molar-refractivity contribution in [2.24, 2.45) is 0 Å². The predicted molar refractivity (Wildman–Crippen MR) is 70.2 cm³/mol. The van der Waals surface area contributed by atoms with Crippen molar-refractivity contribution in [3.8, 4) is 5.75 Å². The van der Waals surface area contributed by atoms with Gasteiger partial charge in [0.05, 0.1) is 6.61 Å². The zero-order valence-electron chi connectivity index (χ0n) is 11.2. The molecule has 17 heavy (non-hydrogen) atoms. The minimum atomic E-state index is 0.316. The lowest BCUT2D eigenvalue weighted by Crippen LogP contribution is -2.35. The molecule has 0 aliphatic carbocycles. The molecule has 0 heterocycles. The maximum Gasteiger partial charge on any atom is 0.115 e. The first-order valence-electron chi connectivity index (χ1n) is 6.10. The van der Waals surface area contributed by atoms with Crippen molar-refractivity contribution in [2.45, 2.75) is 32.4 Å². The Hall–Kier alpha value is -1.06. The Morgan fingerprint density at radius 3 is 2.35 bits per heavy atom. The van der Waals surface area contributed by atoms with Crippen LogP contribution in [0.25, 0.3) is 0 Å². The van der Waals surface area contributed by atoms with E-state index in [2.05, 4.69) is 25.8 Å². The number of rotatable bonds is 6. The molecule has 1 aromatic carbocycles. The average molecular weight is 237 g/mol. The highest BCUT2D eigenvalue weighted by Crippen LogP contribution is 2.26. The fourth-order valence-electron chi connectivity index (χ4n) is 2.12. The van der Waals surface area contributed by atoms with Gasteiger partial charge in [-0.2, -0.15) is 0 Å². The van der Waals surface area contributed by atoms with Gasteiger partial charge in [-0.3, -0.25) is 4.90 Å². The largest absolute Gasteiger partial charge is 0.508 e. The number of likely N-dealkylation sites (N-methyl/N-ethyl adjacent to an activating group) is 1. The van der Waals surface area contributed by atoms with E-state index in [-0.39, 0.29) is 0 Å². The Labute approximate surface area is 104 Å². The van der Waals surface area contributed by atoms with Crippen molar-refractivity contribution in [2.75, 3.05) is 20.8 Å². The molecule has 1 N–H and O–H groups in total. The molecule has 0 radical (unpaired) electrons. The van der Waals surface area contributed by atoms with Crippen LogP contribution in [0.2, 0.25) is 0 Å². The molecule has 0 spiro atoms. The second-order valence-corrected chi connectivity index (χ2v) is 4.49. The maximum atomic E-state index is 9.31. The molecule has 2 atom stereocenters. The van der Waals surface area contributed by atoms with E-state index < -0.39 is 0 Å². The lowest BCUT2D eigenvalue weighted by molar-refractivity contribution is 0.0874. The Morgan fingerprint density at radius 2 is 1.88 bits per heavy atom. The number of aromatic hydroxyl groups is 1. The van der Waals surface area contributed by atoms with Gasteiger partial charge in [-0.25, -0.2) is 0 Å². The minimum absolute atomic E-state index is 0.316. The zero-order valence-corrected chi connectivity index (χ0v) is 11.2. The molecule has 96 valence electrons. The van der Waals surface area contributed by atoms with Crippen molar-refractivity contribution < 1.29 is 9.84 Å². The molecule has 0 aliphatic heterocycles. The Balaban J connectivity index is 2.79. The third-order valence-corrected chi connectivity index (χ3v) is 3.26. The van der Waals surface area contributed by atoms with E-state index in [4.69, 9.17) is 4.74 Å². The normalized spacial score (nSPS) is 14.9. The fraction of sp³-hybridized carbons (Fsp3) is 0.571. The minimum Gasteiger partial charge on any atom is -0.508 e. The summed E-state index contributed by atoms with van der Waals surface area (Å²) in [7, 11) is 3.84. The number of ether oxygens (including phenoxy) is 1. The van der Waals surface area contributed by atoms with Gasteiger partial charge in [0.2, 0.25) is 0 Å². The molecular formula is C14H23NO2. The van der Waals surface area contributed by atoms with Gasteiger partial charge in [0.1, 0.15) is 5.75 Å². The summed E-state index contributed by atoms with van der Waals surface area (Å²) in [6, 6.07) is 8.19. The summed E-state index contributed by atoms with van der Waals surface area (Å²) in [5.41, 5.74) is 1.23. The number of benzene rings is 1. The van der Waals surface area contributed by atoms with Gasteiger partial charge in [-0.05, 0) is 38.1 Å². The van der Waals surface area contributed by atoms with E-state index in [0.29, 0.717) is 17.8 Å². The molecule has 0 fully saturated rings. The van der Waals surface area contributed by atoms with Crippen molar-refractivity contribution in [1.82, 2.24) is 4.90 Å². The van der Waals surface area contributed by atoms with Gasteiger partial charge in [-0.1, -0.05) is 19.1 Å². The number of phenolic OH excluding ortho intramolecular Hbond substituents is 1. The van der Waals surface area contributed by atoms with Gasteiger partial charge in [-0.15, -0.1) is 0 Å². The van der Waals surface area contributed by atoms with Crippen LogP contribution < -0.4 is 0 Å². The lowest BCUT2D eigenvalue weighted by atomic mass is 10.0. The van der Waals surface area contributed by atoms with Crippen LogP contribution in [0.15, 0.2) is 24.3 Å². The van der Waals surface area contributed by atoms with Crippen molar-refractivity contribution in [3.05, 3.63) is 29.8 Å². The van der Waals surface area contributed by atoms with Crippen LogP contribution in [-0.2, 0) is 4.74 Å². The second kappa shape index (κ2) is 6.62. The highest BCUT2D eigenvalue weighted by atomic mass is 16.5. The number of methoxy groups -OCH3 is 1. The van der Waals surface area contributed by atoms with E-state index in [1.807, 2.05) is 12.1 Å². The van der Waals surface area contributed by atoms with E-state index in [0.717, 1.165) is 13.0 Å². The van der Waals surface area contributed by atoms with Crippen LogP contribution in [0.5, 0.6) is 5.75 Å². The number of hydrogen-bond donors (Lipinski definition) is 1. The monoisotopic (exact) mass is 237 g/mol. The summed E-state index contributed by atoms with van der Waals surface area (Å²) in [4.78, 5) is 2.32. The standard InChI is InChI=1S/C14H23NO2/c1-5-14(15(3)11(2)10-17-4)12-6-8-13(16)9-7-12/h6-9,11,14,16H,5,10H2,1-4H3. The van der Waals surface area contributed by atoms with Crippen LogP contribution in [0.1, 0.15) is 31.9 Å². The SMILES string of the molecule is CCC(c1ccc(O)cc1)N(C)C(C)COC. The number of hydrogen-bond acceptors (Lipinski definition) is 3. The van der Waals surface area contributed by atoms with Crippen LogP contribution in [0, 0.1) is 0 Å². The Kier molecular flexibility index (Phi) is 5.45. The Morgan fingerprint density at radius 1 is 1.29 bits per heavy atom. The van der Waals surface area contributed by atoms with E-state index in [1.165, 1.54) is 5.56 Å². The summed E-state index contributed by atoms with van der Waals surface area (Å²) in [6.07, 6.45) is 1.04. The van der Waals surface area contributed by atoms with Gasteiger partial charge < -0.3 is 9.84 Å². The van der Waals surface area contributed by atoms with Crippen LogP contribution in [-0.4, -0.2) is 36.8 Å². The number of phenols is 1. The van der Waals surface area contributed by atoms with Crippen LogP contribution in [0.4, 0.5) is 0 Å². The summed E-state index contributed by atoms with van der Waals surface area (Å²) in [5, 5.41) is 9.31. The first kappa shape index (κ1) is 14.0. The summed E-state index contributed by atoms with van der Waals surface area (Å²) in [5.74, 6) is 0.316. The average Bonchev–Trinajstić information content (AvgIpc) is 2.32. The molecule has 3 nitrogen and oxygen atoms in total. The van der Waals surface area contributed by atoms with Crippen molar-refractivity contribution >= 4 is 0 Å². The molecular weight excluding hydrogens is 214 g/mol. The van der Waals surface area contributed by atoms with Gasteiger partial charge in [0.25, 0.3) is 0 Å². The predicted octanol–water partition coefficient (Wildman–Crippen LogP) is 2.81. The molecule has 0 saturated heterocycles. The molecule has 0 aliphatic rings. The van der Waals surface area contributed by atoms with Gasteiger partial charge >= 0.3 is 0 Å². The van der Waals surface area contributed by atoms with E-state index >= 15 is 0 Å². The Bertz CT molecular complexity index is 323. The molecule has 0 bridgehead atoms. The highest BCUT2D eigenvalue weighted by Gasteiger charge is 2.19. The van der Waals surface area contributed by atoms with E-state index in [1.54, 1.807) is 19.2 Å². The smallest absolute Gasteiger partial charge is 0.115 e. The summed E-state index contributed by atoms with van der Waals surface area (Å²) in [6.45, 7) is 5.06. The molecule has 0 aromatic heterocycles. The van der Waals surface area contributed by atoms with Crippen LogP contribution in [0.3, 0.4) is 0 Å². The molecule has 3 heteroatoms. The first-order valence-corrected chi connectivity index (χ1v) is 6.10. The third kappa shape index (κ3) is 3.72. The molecule has 1 rings (SSSR count). The highest BCUT2D eigenvalue weighted by molar-refractivity contribution is 5.28. The lowest BCUT2D eigenvalue weighted by Gasteiger charge is -2.32. The summed E-state index contributed by atoms with van der Waals surface area (Å²) >= 11 is 0. The second-order valence-electron chi connectivity index (χ2n) is 4.49. The van der Waals surface area contributed by atoms with Crippen molar-refractivity contribution in [1.29, 1.82) is 0 Å². The quantitative estimate of drug-likeness (QED) is 0.825. The number of nitrogens with zero attached hydrogens (tertiary/aromatic N) is 1. The van der Waals surface area contributed by atoms with Crippen molar-refractivity contribution in [3.63, 3.8) is 0 Å². The topological polar surface area (TPSA) is 32.7 Å². The van der Waals surface area contributed by atoms with Gasteiger partial charge in [0.15, 0.2) is 0 Å². The first-order chi connectivity index (χ1) is 8.10. The molecule has 2 unspecified atom stereocenters. The molecule has 0 amide bonds. The van der Waals surface area contributed by atoms with Crippen LogP contribution >= 0.6 is 0 Å². The fourth-order valence-corrected chi connectivity index (χ4v) is 2.12. The molecule has 0 saturated carbocycles. The third-order valence-electron chi connectivity index (χ3n) is 3.26. The summed E-state index contributed by atoms with van der Waals surface area (Å²) < 4.78 is 5.19. The van der Waals surface area contributed by atoms with E-state index in [9.17, 15) is 5.11 Å².